The maximum atomic E-state index is 12.6. The van der Waals surface area contributed by atoms with Gasteiger partial charge in [-0.15, -0.1) is 0 Å². The minimum atomic E-state index is -0.936. The summed E-state index contributed by atoms with van der Waals surface area (Å²) >= 11 is 6.10. The van der Waals surface area contributed by atoms with Crippen molar-refractivity contribution in [1.29, 1.82) is 0 Å². The first-order chi connectivity index (χ1) is 12.3. The minimum Gasteiger partial charge on any atom is -0.351 e. The van der Waals surface area contributed by atoms with Gasteiger partial charge in [0.25, 0.3) is 11.8 Å². The van der Waals surface area contributed by atoms with Crippen molar-refractivity contribution < 1.29 is 14.4 Å². The number of carbonyl (C=O) groups is 3. The van der Waals surface area contributed by atoms with Gasteiger partial charge in [0.2, 0.25) is 5.91 Å². The summed E-state index contributed by atoms with van der Waals surface area (Å²) in [5, 5.41) is 3.41. The van der Waals surface area contributed by atoms with Crippen LogP contribution in [-0.4, -0.2) is 29.2 Å². The second kappa shape index (κ2) is 6.92. The minimum absolute atomic E-state index is 0.00764. The quantitative estimate of drug-likeness (QED) is 0.821. The monoisotopic (exact) mass is 370 g/mol. The van der Waals surface area contributed by atoms with Gasteiger partial charge in [-0.05, 0) is 37.6 Å². The SMILES string of the molecule is CC(C)(CN1C(=O)c2ccccc2C1=O)C(=O)NCc1ccccc1Cl. The van der Waals surface area contributed by atoms with Crippen LogP contribution in [0.15, 0.2) is 48.5 Å². The number of imide groups is 1. The van der Waals surface area contributed by atoms with Gasteiger partial charge >= 0.3 is 0 Å². The highest BCUT2D eigenvalue weighted by Gasteiger charge is 2.40. The number of hydrogen-bond acceptors (Lipinski definition) is 3. The van der Waals surface area contributed by atoms with E-state index in [1.165, 1.54) is 0 Å². The van der Waals surface area contributed by atoms with Crippen molar-refractivity contribution in [2.75, 3.05) is 6.54 Å². The summed E-state index contributed by atoms with van der Waals surface area (Å²) in [6, 6.07) is 13.9. The van der Waals surface area contributed by atoms with Gasteiger partial charge in [0.15, 0.2) is 0 Å². The number of carbonyl (C=O) groups excluding carboxylic acids is 3. The lowest BCUT2D eigenvalue weighted by atomic mass is 9.91. The van der Waals surface area contributed by atoms with E-state index in [-0.39, 0.29) is 30.8 Å². The van der Waals surface area contributed by atoms with Gasteiger partial charge in [-0.25, -0.2) is 0 Å². The number of nitrogens with zero attached hydrogens (tertiary/aromatic N) is 1. The molecule has 26 heavy (non-hydrogen) atoms. The molecule has 0 saturated carbocycles. The number of nitrogens with one attached hydrogen (secondary N) is 1. The summed E-state index contributed by atoms with van der Waals surface area (Å²) in [6.07, 6.45) is 0. The molecule has 5 nitrogen and oxygen atoms in total. The first-order valence-electron chi connectivity index (χ1n) is 8.28. The van der Waals surface area contributed by atoms with Crippen LogP contribution in [0.3, 0.4) is 0 Å². The van der Waals surface area contributed by atoms with Gasteiger partial charge < -0.3 is 5.32 Å². The maximum Gasteiger partial charge on any atom is 0.261 e. The number of fused-ring (bicyclic) bond motifs is 1. The predicted molar refractivity (Wildman–Crippen MR) is 98.9 cm³/mol. The highest BCUT2D eigenvalue weighted by atomic mass is 35.5. The zero-order valence-corrected chi connectivity index (χ0v) is 15.3. The average molecular weight is 371 g/mol. The van der Waals surface area contributed by atoms with Crippen LogP contribution in [0.1, 0.15) is 40.1 Å². The van der Waals surface area contributed by atoms with Gasteiger partial charge in [-0.2, -0.15) is 0 Å². The molecular weight excluding hydrogens is 352 g/mol. The maximum absolute atomic E-state index is 12.6. The molecule has 0 bridgehead atoms. The Morgan fingerprint density at radius 1 is 1.00 bits per heavy atom. The Morgan fingerprint density at radius 2 is 1.54 bits per heavy atom. The molecule has 0 unspecified atom stereocenters. The molecule has 1 heterocycles. The summed E-state index contributed by atoms with van der Waals surface area (Å²) in [5.41, 5.74) is 0.628. The molecule has 0 saturated heterocycles. The second-order valence-electron chi connectivity index (χ2n) is 6.90. The highest BCUT2D eigenvalue weighted by Crippen LogP contribution is 2.27. The summed E-state index contributed by atoms with van der Waals surface area (Å²) in [6.45, 7) is 3.70. The first-order valence-corrected chi connectivity index (χ1v) is 8.66. The van der Waals surface area contributed by atoms with E-state index in [9.17, 15) is 14.4 Å². The summed E-state index contributed by atoms with van der Waals surface area (Å²) in [7, 11) is 0. The Hall–Kier alpha value is -2.66. The van der Waals surface area contributed by atoms with Crippen molar-refractivity contribution in [3.8, 4) is 0 Å². The van der Waals surface area contributed by atoms with E-state index in [0.29, 0.717) is 16.1 Å². The third kappa shape index (κ3) is 3.35. The van der Waals surface area contributed by atoms with Crippen LogP contribution in [0.4, 0.5) is 0 Å². The molecule has 2 aromatic rings. The Kier molecular flexibility index (Phi) is 4.83. The van der Waals surface area contributed by atoms with Crippen LogP contribution in [0.5, 0.6) is 0 Å². The molecule has 1 aliphatic heterocycles. The van der Waals surface area contributed by atoms with Crippen LogP contribution in [0.2, 0.25) is 5.02 Å². The number of amides is 3. The Labute approximate surface area is 156 Å². The van der Waals surface area contributed by atoms with Gasteiger partial charge in [0, 0.05) is 18.1 Å². The third-order valence-electron chi connectivity index (χ3n) is 4.44. The molecule has 0 aromatic heterocycles. The molecule has 6 heteroatoms. The molecule has 1 aliphatic rings. The van der Waals surface area contributed by atoms with Crippen LogP contribution < -0.4 is 5.32 Å². The van der Waals surface area contributed by atoms with E-state index in [1.54, 1.807) is 44.2 Å². The average Bonchev–Trinajstić information content (AvgIpc) is 2.86. The van der Waals surface area contributed by atoms with Crippen molar-refractivity contribution in [2.45, 2.75) is 20.4 Å². The Balaban J connectivity index is 1.69. The fourth-order valence-electron chi connectivity index (χ4n) is 2.91. The lowest BCUT2D eigenvalue weighted by Gasteiger charge is -2.28. The van der Waals surface area contributed by atoms with Gasteiger partial charge in [-0.3, -0.25) is 19.3 Å². The second-order valence-corrected chi connectivity index (χ2v) is 7.31. The first kappa shape index (κ1) is 18.1. The van der Waals surface area contributed by atoms with Crippen LogP contribution in [-0.2, 0) is 11.3 Å². The van der Waals surface area contributed by atoms with Crippen molar-refractivity contribution in [3.63, 3.8) is 0 Å². The van der Waals surface area contributed by atoms with Gasteiger partial charge in [0.1, 0.15) is 0 Å². The molecule has 0 fully saturated rings. The zero-order valence-electron chi connectivity index (χ0n) is 14.6. The topological polar surface area (TPSA) is 66.5 Å². The molecule has 3 rings (SSSR count). The number of hydrogen-bond donors (Lipinski definition) is 1. The van der Waals surface area contributed by atoms with Crippen molar-refractivity contribution in [3.05, 3.63) is 70.2 Å². The fourth-order valence-corrected chi connectivity index (χ4v) is 3.11. The summed E-state index contributed by atoms with van der Waals surface area (Å²) in [5.74, 6) is -0.982. The van der Waals surface area contributed by atoms with E-state index < -0.39 is 5.41 Å². The van der Waals surface area contributed by atoms with E-state index in [1.807, 2.05) is 18.2 Å². The number of rotatable bonds is 5. The molecule has 134 valence electrons. The molecule has 3 amide bonds. The predicted octanol–water partition coefficient (Wildman–Crippen LogP) is 3.28. The molecule has 0 spiro atoms. The molecule has 0 radical (unpaired) electrons. The zero-order chi connectivity index (χ0) is 18.9. The standard InChI is InChI=1S/C20H19ClN2O3/c1-20(2,19(26)22-11-13-7-3-6-10-16(13)21)12-23-17(24)14-8-4-5-9-15(14)18(23)25/h3-10H,11-12H2,1-2H3,(H,22,26). The van der Waals surface area contributed by atoms with Gasteiger partial charge in [0.05, 0.1) is 16.5 Å². The van der Waals surface area contributed by atoms with E-state index >= 15 is 0 Å². The van der Waals surface area contributed by atoms with Crippen molar-refractivity contribution >= 4 is 29.3 Å². The number of benzene rings is 2. The molecule has 2 aromatic carbocycles. The lowest BCUT2D eigenvalue weighted by Crippen LogP contribution is -2.46. The largest absolute Gasteiger partial charge is 0.351 e. The van der Waals surface area contributed by atoms with Crippen LogP contribution in [0, 0.1) is 5.41 Å². The Morgan fingerprint density at radius 3 is 2.12 bits per heavy atom. The third-order valence-corrected chi connectivity index (χ3v) is 4.81. The molecule has 1 N–H and O–H groups in total. The van der Waals surface area contributed by atoms with Crippen molar-refractivity contribution in [2.24, 2.45) is 5.41 Å². The fraction of sp³-hybridized carbons (Fsp3) is 0.250. The van der Waals surface area contributed by atoms with E-state index in [2.05, 4.69) is 5.32 Å². The lowest BCUT2D eigenvalue weighted by molar-refractivity contribution is -0.129. The van der Waals surface area contributed by atoms with Crippen LogP contribution in [0.25, 0.3) is 0 Å². The summed E-state index contributed by atoms with van der Waals surface area (Å²) < 4.78 is 0. The van der Waals surface area contributed by atoms with E-state index in [0.717, 1.165) is 10.5 Å². The van der Waals surface area contributed by atoms with Crippen molar-refractivity contribution in [1.82, 2.24) is 10.2 Å². The summed E-state index contributed by atoms with van der Waals surface area (Å²) in [4.78, 5) is 38.7. The highest BCUT2D eigenvalue weighted by molar-refractivity contribution is 6.31. The molecule has 0 aliphatic carbocycles. The smallest absolute Gasteiger partial charge is 0.261 e. The van der Waals surface area contributed by atoms with Gasteiger partial charge in [-0.1, -0.05) is 41.9 Å². The van der Waals surface area contributed by atoms with E-state index in [4.69, 9.17) is 11.6 Å². The normalized spacial score (nSPS) is 13.7. The van der Waals surface area contributed by atoms with Crippen LogP contribution >= 0.6 is 11.6 Å². The Bertz CT molecular complexity index is 857. The molecule has 0 atom stereocenters. The molecular formula is C20H19ClN2O3. The number of halogens is 1.